The van der Waals surface area contributed by atoms with Gasteiger partial charge >= 0.3 is 0 Å². The van der Waals surface area contributed by atoms with Crippen LogP contribution in [-0.4, -0.2) is 5.78 Å². The van der Waals surface area contributed by atoms with Gasteiger partial charge in [0.1, 0.15) is 0 Å². The maximum atomic E-state index is 13.3. The number of hydrogen-bond acceptors (Lipinski definition) is 3. The summed E-state index contributed by atoms with van der Waals surface area (Å²) in [6.07, 6.45) is 19.3. The number of Topliss-reactive ketones (excluding diaryl/α,β-unsaturated/α-hetero) is 1. The van der Waals surface area contributed by atoms with Crippen molar-refractivity contribution in [1.29, 1.82) is 0 Å². The fraction of sp³-hybridized carbons (Fsp3) is 0.579. The molecule has 1 aliphatic carbocycles. The molecular formula is C38H54O2S2. The largest absolute Gasteiger partial charge is 0.871 e. The van der Waals surface area contributed by atoms with Gasteiger partial charge in [-0.05, 0) is 107 Å². The molecule has 1 aromatic rings. The zero-order chi connectivity index (χ0) is 30.8. The van der Waals surface area contributed by atoms with Gasteiger partial charge in [-0.3, -0.25) is 4.79 Å². The Bertz CT molecular complexity index is 1180. The molecule has 2 nitrogen and oxygen atoms in total. The summed E-state index contributed by atoms with van der Waals surface area (Å²) in [4.78, 5) is 18.7. The summed E-state index contributed by atoms with van der Waals surface area (Å²) in [7, 11) is 0. The van der Waals surface area contributed by atoms with Gasteiger partial charge in [-0.2, -0.15) is 0 Å². The van der Waals surface area contributed by atoms with E-state index in [0.29, 0.717) is 34.8 Å². The van der Waals surface area contributed by atoms with Crippen molar-refractivity contribution in [3.63, 3.8) is 0 Å². The Morgan fingerprint density at radius 3 is 1.62 bits per heavy atom. The molecule has 0 aromatic carbocycles. The van der Waals surface area contributed by atoms with Crippen LogP contribution in [0.2, 0.25) is 0 Å². The third kappa shape index (κ3) is 11.3. The molecule has 4 heteroatoms. The van der Waals surface area contributed by atoms with Crippen LogP contribution < -0.4 is 5.11 Å². The molecule has 0 radical (unpaired) electrons. The number of allylic oxidation sites excluding steroid dienone is 8. The van der Waals surface area contributed by atoms with Gasteiger partial charge in [0, 0.05) is 36.1 Å². The molecule has 0 fully saturated rings. The smallest absolute Gasteiger partial charge is 0.218 e. The zero-order valence-electron chi connectivity index (χ0n) is 27.5. The summed E-state index contributed by atoms with van der Waals surface area (Å²) in [5.41, 5.74) is 2.65. The Morgan fingerprint density at radius 2 is 1.19 bits per heavy atom. The lowest BCUT2D eigenvalue weighted by molar-refractivity contribution is -0.300. The minimum absolute atomic E-state index is 0.116. The van der Waals surface area contributed by atoms with Crippen molar-refractivity contribution in [1.82, 2.24) is 0 Å². The quantitative estimate of drug-likeness (QED) is 0.139. The van der Waals surface area contributed by atoms with Gasteiger partial charge in [0.05, 0.1) is 0 Å². The summed E-state index contributed by atoms with van der Waals surface area (Å²) < 4.78 is 0. The van der Waals surface area contributed by atoms with Crippen molar-refractivity contribution >= 4 is 35.0 Å². The van der Waals surface area contributed by atoms with Gasteiger partial charge in [0.25, 0.3) is 0 Å². The molecule has 1 aromatic heterocycles. The molecular weight excluding hydrogens is 553 g/mol. The lowest BCUT2D eigenvalue weighted by Crippen LogP contribution is -2.29. The van der Waals surface area contributed by atoms with E-state index in [-0.39, 0.29) is 11.5 Å². The minimum Gasteiger partial charge on any atom is -0.871 e. The molecule has 2 aliphatic rings. The molecule has 0 N–H and O–H groups in total. The van der Waals surface area contributed by atoms with E-state index in [1.54, 1.807) is 0 Å². The molecule has 0 amide bonds. The molecule has 2 heterocycles. The van der Waals surface area contributed by atoms with E-state index in [4.69, 9.17) is 0 Å². The first-order valence-corrected chi connectivity index (χ1v) is 18.0. The molecule has 0 saturated heterocycles. The SMILES string of the molecule is CC(C)CCCC1=CC(=CC2=C([O-])C(=Cc3cc(CCC(C)C)[s+]c(CCC(C)C)c3)C2=O)C=C(CCCC(C)C)S1. The van der Waals surface area contributed by atoms with Crippen molar-refractivity contribution in [2.24, 2.45) is 23.7 Å². The van der Waals surface area contributed by atoms with Gasteiger partial charge in [-0.15, -0.1) is 0 Å². The fourth-order valence-electron chi connectivity index (χ4n) is 5.20. The van der Waals surface area contributed by atoms with Crippen LogP contribution in [0.3, 0.4) is 0 Å². The number of carbonyl (C=O) groups excluding carboxylic acids is 1. The number of aryl methyl sites for hydroxylation is 2. The van der Waals surface area contributed by atoms with E-state index in [1.165, 1.54) is 45.2 Å². The Labute approximate surface area is 265 Å². The molecule has 0 spiro atoms. The summed E-state index contributed by atoms with van der Waals surface area (Å²) >= 11 is 3.79. The summed E-state index contributed by atoms with van der Waals surface area (Å²) in [6, 6.07) is 4.37. The van der Waals surface area contributed by atoms with Crippen molar-refractivity contribution in [3.05, 3.63) is 78.0 Å². The summed E-state index contributed by atoms with van der Waals surface area (Å²) in [5, 5.41) is 13.3. The van der Waals surface area contributed by atoms with Crippen LogP contribution >= 0.6 is 23.1 Å². The van der Waals surface area contributed by atoms with Crippen LogP contribution in [0.25, 0.3) is 6.08 Å². The van der Waals surface area contributed by atoms with Crippen LogP contribution in [0.15, 0.2) is 62.6 Å². The average molecular weight is 607 g/mol. The van der Waals surface area contributed by atoms with Crippen molar-refractivity contribution in [2.45, 2.75) is 120 Å². The molecule has 1 aliphatic heterocycles. The number of carbonyl (C=O) groups is 1. The Balaban J connectivity index is 1.87. The Hall–Kier alpha value is -1.91. The number of ketones is 1. The first kappa shape index (κ1) is 34.6. The molecule has 0 saturated carbocycles. The van der Waals surface area contributed by atoms with Gasteiger partial charge < -0.3 is 5.11 Å². The maximum absolute atomic E-state index is 13.3. The number of thioether (sulfide) groups is 1. The first-order valence-electron chi connectivity index (χ1n) is 16.4. The predicted octanol–water partition coefficient (Wildman–Crippen LogP) is 10.9. The van der Waals surface area contributed by atoms with Gasteiger partial charge in [0.2, 0.25) is 21.1 Å². The number of rotatable bonds is 16. The van der Waals surface area contributed by atoms with E-state index in [2.05, 4.69) is 79.7 Å². The summed E-state index contributed by atoms with van der Waals surface area (Å²) in [5.74, 6) is 2.45. The van der Waals surface area contributed by atoms with E-state index >= 15 is 0 Å². The molecule has 3 rings (SSSR count). The van der Waals surface area contributed by atoms with Crippen molar-refractivity contribution in [3.8, 4) is 0 Å². The highest BCUT2D eigenvalue weighted by atomic mass is 32.2. The van der Waals surface area contributed by atoms with Crippen LogP contribution in [0.4, 0.5) is 0 Å². The molecule has 230 valence electrons. The Kier molecular flexibility index (Phi) is 13.8. The van der Waals surface area contributed by atoms with E-state index < -0.39 is 0 Å². The van der Waals surface area contributed by atoms with Crippen LogP contribution in [0.5, 0.6) is 0 Å². The second kappa shape index (κ2) is 16.8. The third-order valence-electron chi connectivity index (χ3n) is 7.78. The first-order chi connectivity index (χ1) is 19.9. The molecule has 0 bridgehead atoms. The minimum atomic E-state index is -0.116. The second-order valence-electron chi connectivity index (χ2n) is 13.9. The lowest BCUT2D eigenvalue weighted by Gasteiger charge is -2.29. The highest BCUT2D eigenvalue weighted by Gasteiger charge is 2.27. The van der Waals surface area contributed by atoms with Gasteiger partial charge in [0.15, 0.2) is 5.78 Å². The van der Waals surface area contributed by atoms with Crippen molar-refractivity contribution < 1.29 is 9.90 Å². The van der Waals surface area contributed by atoms with Crippen LogP contribution in [-0.2, 0) is 17.6 Å². The fourth-order valence-corrected chi connectivity index (χ4v) is 7.59. The van der Waals surface area contributed by atoms with Crippen LogP contribution in [0.1, 0.15) is 122 Å². The van der Waals surface area contributed by atoms with Crippen LogP contribution in [0, 0.1) is 23.7 Å². The normalized spacial score (nSPS) is 16.7. The molecule has 0 atom stereocenters. The maximum Gasteiger partial charge on any atom is 0.218 e. The predicted molar refractivity (Wildman–Crippen MR) is 184 cm³/mol. The second-order valence-corrected chi connectivity index (χ2v) is 16.4. The lowest BCUT2D eigenvalue weighted by atomic mass is 9.85. The zero-order valence-corrected chi connectivity index (χ0v) is 29.1. The Morgan fingerprint density at radius 1 is 0.714 bits per heavy atom. The standard InChI is InChI=1S/C38H54O2S2/c1-25(2)11-9-13-31-19-29(20-32(41-31)14-10-12-26(3)4)23-35-37(39)36(38(35)40)24-30-21-33(17-15-27(5)6)42-34(22-30)18-16-28(7)8/h19-28H,9-18H2,1-8H3. The highest BCUT2D eigenvalue weighted by Crippen LogP contribution is 2.40. The average Bonchev–Trinajstić information content (AvgIpc) is 2.92. The number of hydrogen-bond donors (Lipinski definition) is 0. The molecule has 0 unspecified atom stereocenters. The van der Waals surface area contributed by atoms with Gasteiger partial charge in [-0.1, -0.05) is 85.8 Å². The summed E-state index contributed by atoms with van der Waals surface area (Å²) in [6.45, 7) is 18.1. The topological polar surface area (TPSA) is 40.1 Å². The molecule has 42 heavy (non-hydrogen) atoms. The monoisotopic (exact) mass is 606 g/mol. The van der Waals surface area contributed by atoms with E-state index in [0.717, 1.165) is 49.7 Å². The highest BCUT2D eigenvalue weighted by molar-refractivity contribution is 8.06. The van der Waals surface area contributed by atoms with Gasteiger partial charge in [-0.25, -0.2) is 0 Å². The van der Waals surface area contributed by atoms with E-state index in [9.17, 15) is 9.90 Å². The van der Waals surface area contributed by atoms with E-state index in [1.807, 2.05) is 35.3 Å². The third-order valence-corrected chi connectivity index (χ3v) is 10.1. The van der Waals surface area contributed by atoms with Crippen molar-refractivity contribution in [2.75, 3.05) is 0 Å².